The summed E-state index contributed by atoms with van der Waals surface area (Å²) in [5.74, 6) is 1.51. The predicted molar refractivity (Wildman–Crippen MR) is 84.2 cm³/mol. The van der Waals surface area contributed by atoms with E-state index in [9.17, 15) is 0 Å². The van der Waals surface area contributed by atoms with Crippen LogP contribution in [-0.2, 0) is 11.3 Å². The van der Waals surface area contributed by atoms with Crippen LogP contribution < -0.4 is 11.1 Å². The normalized spacial score (nSPS) is 10.6. The molecule has 0 atom stereocenters. The Morgan fingerprint density at radius 1 is 1.40 bits per heavy atom. The van der Waals surface area contributed by atoms with E-state index in [4.69, 9.17) is 22.1 Å². The van der Waals surface area contributed by atoms with Gasteiger partial charge in [0.2, 0.25) is 0 Å². The Morgan fingerprint density at radius 3 is 2.95 bits per heavy atom. The van der Waals surface area contributed by atoms with Crippen LogP contribution in [0.25, 0.3) is 0 Å². The van der Waals surface area contributed by atoms with Gasteiger partial charge in [0, 0.05) is 12.7 Å². The molecule has 0 amide bonds. The number of rotatable bonds is 5. The number of hydrogen-bond acceptors (Lipinski definition) is 5. The summed E-state index contributed by atoms with van der Waals surface area (Å²) in [5, 5.41) is 3.77. The summed E-state index contributed by atoms with van der Waals surface area (Å²) in [7, 11) is 0. The quantitative estimate of drug-likeness (QED) is 0.852. The van der Waals surface area contributed by atoms with Crippen molar-refractivity contribution in [1.29, 1.82) is 0 Å². The number of benzene rings is 1. The lowest BCUT2D eigenvalue weighted by Crippen LogP contribution is -2.05. The van der Waals surface area contributed by atoms with Crippen LogP contribution in [0.15, 0.2) is 28.7 Å². The fourth-order valence-electron chi connectivity index (χ4n) is 1.58. The molecule has 2 rings (SSSR count). The van der Waals surface area contributed by atoms with E-state index in [0.717, 1.165) is 10.2 Å². The molecule has 5 nitrogen and oxygen atoms in total. The molecule has 0 aliphatic carbocycles. The Labute approximate surface area is 130 Å². The third-order valence-corrected chi connectivity index (χ3v) is 3.84. The highest BCUT2D eigenvalue weighted by Gasteiger charge is 2.07. The Morgan fingerprint density at radius 2 is 2.20 bits per heavy atom. The van der Waals surface area contributed by atoms with Crippen molar-refractivity contribution in [2.45, 2.75) is 13.5 Å². The lowest BCUT2D eigenvalue weighted by Gasteiger charge is -2.10. The van der Waals surface area contributed by atoms with E-state index in [1.54, 1.807) is 12.1 Å². The van der Waals surface area contributed by atoms with Gasteiger partial charge in [-0.05, 0) is 35.0 Å². The van der Waals surface area contributed by atoms with Crippen LogP contribution in [0, 0.1) is 0 Å². The first-order chi connectivity index (χ1) is 9.60. The van der Waals surface area contributed by atoms with Gasteiger partial charge in [-0.3, -0.25) is 0 Å². The summed E-state index contributed by atoms with van der Waals surface area (Å²) in [6.45, 7) is 2.84. The van der Waals surface area contributed by atoms with E-state index in [1.807, 2.05) is 19.1 Å². The molecule has 20 heavy (non-hydrogen) atoms. The second-order valence-electron chi connectivity index (χ2n) is 3.96. The largest absolute Gasteiger partial charge is 0.384 e. The number of nitrogens with zero attached hydrogens (tertiary/aromatic N) is 2. The summed E-state index contributed by atoms with van der Waals surface area (Å²) in [5.41, 5.74) is 6.57. The third-order valence-electron chi connectivity index (χ3n) is 2.44. The molecule has 1 aromatic heterocycles. The maximum atomic E-state index is 6.05. The first-order valence-corrected chi connectivity index (χ1v) is 7.19. The molecular weight excluding hydrogens is 344 g/mol. The van der Waals surface area contributed by atoms with Gasteiger partial charge in [0.15, 0.2) is 5.82 Å². The molecule has 3 N–H and O–H groups in total. The van der Waals surface area contributed by atoms with Crippen LogP contribution in [0.1, 0.15) is 12.7 Å². The fourth-order valence-corrected chi connectivity index (χ4v) is 2.12. The second kappa shape index (κ2) is 6.88. The fraction of sp³-hybridized carbons (Fsp3) is 0.231. The number of anilines is 3. The van der Waals surface area contributed by atoms with Gasteiger partial charge in [-0.2, -0.15) is 0 Å². The summed E-state index contributed by atoms with van der Waals surface area (Å²) in [6.07, 6.45) is 0. The van der Waals surface area contributed by atoms with Crippen molar-refractivity contribution in [2.24, 2.45) is 0 Å². The summed E-state index contributed by atoms with van der Waals surface area (Å²) in [6, 6.07) is 7.19. The summed E-state index contributed by atoms with van der Waals surface area (Å²) in [4.78, 5) is 8.46. The van der Waals surface area contributed by atoms with Gasteiger partial charge in [-0.15, -0.1) is 0 Å². The number of halogens is 2. The summed E-state index contributed by atoms with van der Waals surface area (Å²) < 4.78 is 6.05. The minimum absolute atomic E-state index is 0.326. The predicted octanol–water partition coefficient (Wildman–Crippen LogP) is 3.75. The standard InChI is InChI=1S/C13H14BrClN4O/c1-2-20-7-12-18-10(16)6-11(19-12)17-9-5-3-4-8(15)13(9)14/h3-6H,2,7H2,1H3,(H3,16,17,18,19). The highest BCUT2D eigenvalue weighted by atomic mass is 79.9. The molecule has 2 aromatic rings. The zero-order valence-electron chi connectivity index (χ0n) is 10.9. The summed E-state index contributed by atoms with van der Waals surface area (Å²) >= 11 is 9.47. The molecule has 0 spiro atoms. The van der Waals surface area contributed by atoms with Crippen molar-refractivity contribution in [3.63, 3.8) is 0 Å². The van der Waals surface area contributed by atoms with Crippen LogP contribution in [0.2, 0.25) is 5.02 Å². The monoisotopic (exact) mass is 356 g/mol. The molecule has 0 fully saturated rings. The van der Waals surface area contributed by atoms with Crippen molar-refractivity contribution >= 4 is 44.9 Å². The van der Waals surface area contributed by atoms with Crippen LogP contribution >= 0.6 is 27.5 Å². The Kier molecular flexibility index (Phi) is 5.17. The van der Waals surface area contributed by atoms with Crippen molar-refractivity contribution in [2.75, 3.05) is 17.7 Å². The number of hydrogen-bond donors (Lipinski definition) is 2. The minimum atomic E-state index is 0.326. The molecule has 0 radical (unpaired) electrons. The molecule has 0 saturated carbocycles. The number of aromatic nitrogens is 2. The SMILES string of the molecule is CCOCc1nc(N)cc(Nc2cccc(Cl)c2Br)n1. The van der Waals surface area contributed by atoms with Gasteiger partial charge in [-0.1, -0.05) is 17.7 Å². The van der Waals surface area contributed by atoms with Gasteiger partial charge in [0.25, 0.3) is 0 Å². The van der Waals surface area contributed by atoms with Crippen LogP contribution in [-0.4, -0.2) is 16.6 Å². The molecule has 0 aliphatic heterocycles. The van der Waals surface area contributed by atoms with Crippen molar-refractivity contribution in [3.8, 4) is 0 Å². The molecule has 7 heteroatoms. The lowest BCUT2D eigenvalue weighted by atomic mass is 10.3. The zero-order valence-corrected chi connectivity index (χ0v) is 13.2. The molecule has 0 bridgehead atoms. The van der Waals surface area contributed by atoms with E-state index in [2.05, 4.69) is 31.2 Å². The molecule has 0 saturated heterocycles. The van der Waals surface area contributed by atoms with Crippen LogP contribution in [0.4, 0.5) is 17.3 Å². The van der Waals surface area contributed by atoms with E-state index >= 15 is 0 Å². The molecule has 1 heterocycles. The van der Waals surface area contributed by atoms with Gasteiger partial charge < -0.3 is 15.8 Å². The Bertz CT molecular complexity index is 609. The topological polar surface area (TPSA) is 73.1 Å². The van der Waals surface area contributed by atoms with Gasteiger partial charge in [0.1, 0.15) is 18.2 Å². The van der Waals surface area contributed by atoms with Gasteiger partial charge in [0.05, 0.1) is 15.2 Å². The first kappa shape index (κ1) is 15.0. The van der Waals surface area contributed by atoms with Gasteiger partial charge >= 0.3 is 0 Å². The second-order valence-corrected chi connectivity index (χ2v) is 5.16. The Balaban J connectivity index is 2.24. The average Bonchev–Trinajstić information content (AvgIpc) is 2.41. The van der Waals surface area contributed by atoms with Crippen LogP contribution in [0.5, 0.6) is 0 Å². The molecule has 0 aliphatic rings. The minimum Gasteiger partial charge on any atom is -0.384 e. The number of ether oxygens (including phenoxy) is 1. The van der Waals surface area contributed by atoms with E-state index < -0.39 is 0 Å². The van der Waals surface area contributed by atoms with Crippen molar-refractivity contribution in [1.82, 2.24) is 9.97 Å². The lowest BCUT2D eigenvalue weighted by molar-refractivity contribution is 0.128. The van der Waals surface area contributed by atoms with Gasteiger partial charge in [-0.25, -0.2) is 9.97 Å². The third kappa shape index (κ3) is 3.82. The maximum Gasteiger partial charge on any atom is 0.158 e. The first-order valence-electron chi connectivity index (χ1n) is 6.02. The van der Waals surface area contributed by atoms with E-state index in [0.29, 0.717) is 35.7 Å². The molecular formula is C13H14BrClN4O. The zero-order chi connectivity index (χ0) is 14.5. The van der Waals surface area contributed by atoms with E-state index in [-0.39, 0.29) is 0 Å². The Hall–Kier alpha value is -1.37. The average molecular weight is 358 g/mol. The smallest absolute Gasteiger partial charge is 0.158 e. The molecule has 0 unspecified atom stereocenters. The number of nitrogens with two attached hydrogens (primary N) is 1. The maximum absolute atomic E-state index is 6.05. The van der Waals surface area contributed by atoms with Crippen molar-refractivity contribution in [3.05, 3.63) is 39.6 Å². The number of nitrogens with one attached hydrogen (secondary N) is 1. The highest BCUT2D eigenvalue weighted by Crippen LogP contribution is 2.31. The highest BCUT2D eigenvalue weighted by molar-refractivity contribution is 9.10. The molecule has 1 aromatic carbocycles. The van der Waals surface area contributed by atoms with E-state index in [1.165, 1.54) is 0 Å². The van der Waals surface area contributed by atoms with Crippen LogP contribution in [0.3, 0.4) is 0 Å². The molecule has 106 valence electrons. The number of nitrogen functional groups attached to an aromatic ring is 1. The van der Waals surface area contributed by atoms with Crippen molar-refractivity contribution < 1.29 is 4.74 Å².